The molecule has 0 bridgehead atoms. The Labute approximate surface area is 124 Å². The Morgan fingerprint density at radius 3 is 2.60 bits per heavy atom. The van der Waals surface area contributed by atoms with Gasteiger partial charge in [0.1, 0.15) is 5.84 Å². The van der Waals surface area contributed by atoms with Crippen molar-refractivity contribution in [1.82, 2.24) is 4.90 Å². The molecule has 0 radical (unpaired) electrons. The molecule has 102 valence electrons. The number of halogens is 1. The van der Waals surface area contributed by atoms with Gasteiger partial charge < -0.3 is 4.90 Å². The van der Waals surface area contributed by atoms with E-state index in [1.165, 1.54) is 16.8 Å². The van der Waals surface area contributed by atoms with Gasteiger partial charge in [-0.25, -0.2) is 4.99 Å². The van der Waals surface area contributed by atoms with Crippen LogP contribution in [-0.2, 0) is 0 Å². The molecule has 0 saturated carbocycles. The summed E-state index contributed by atoms with van der Waals surface area (Å²) < 4.78 is 0. The van der Waals surface area contributed by atoms with Crippen molar-refractivity contribution in [2.75, 3.05) is 6.54 Å². The summed E-state index contributed by atoms with van der Waals surface area (Å²) in [6.07, 6.45) is 8.20. The van der Waals surface area contributed by atoms with Gasteiger partial charge in [0.25, 0.3) is 0 Å². The zero-order valence-electron chi connectivity index (χ0n) is 11.7. The first-order valence-electron chi connectivity index (χ1n) is 6.84. The molecule has 0 N–H and O–H groups in total. The number of amidine groups is 1. The van der Waals surface area contributed by atoms with Crippen molar-refractivity contribution < 1.29 is 0 Å². The van der Waals surface area contributed by atoms with Crippen LogP contribution in [0.3, 0.4) is 0 Å². The molecule has 0 spiro atoms. The van der Waals surface area contributed by atoms with Crippen LogP contribution in [0.5, 0.6) is 0 Å². The lowest BCUT2D eigenvalue weighted by atomic mass is 9.96. The van der Waals surface area contributed by atoms with E-state index in [0.29, 0.717) is 5.92 Å². The minimum Gasteiger partial charge on any atom is -0.329 e. The third-order valence-corrected chi connectivity index (χ3v) is 3.78. The first-order chi connectivity index (χ1) is 9.65. The SMILES string of the molecule is CC(C)C1=C(c2ccc(Cl)cc2)CN2C=CC=CC2=N1. The molecule has 0 saturated heterocycles. The van der Waals surface area contributed by atoms with Gasteiger partial charge in [0, 0.05) is 16.8 Å². The van der Waals surface area contributed by atoms with Gasteiger partial charge >= 0.3 is 0 Å². The largest absolute Gasteiger partial charge is 0.329 e. The van der Waals surface area contributed by atoms with E-state index in [1.807, 2.05) is 24.3 Å². The molecule has 0 fully saturated rings. The average Bonchev–Trinajstić information content (AvgIpc) is 2.46. The normalized spacial score (nSPS) is 17.6. The number of hydrogen-bond acceptors (Lipinski definition) is 2. The van der Waals surface area contributed by atoms with Crippen LogP contribution in [0.15, 0.2) is 59.4 Å². The number of aliphatic imine (C=N–C) groups is 1. The first-order valence-corrected chi connectivity index (χ1v) is 7.22. The zero-order chi connectivity index (χ0) is 14.1. The number of fused-ring (bicyclic) bond motifs is 1. The van der Waals surface area contributed by atoms with Crippen LogP contribution in [-0.4, -0.2) is 17.3 Å². The summed E-state index contributed by atoms with van der Waals surface area (Å²) in [4.78, 5) is 7.01. The number of hydrogen-bond donors (Lipinski definition) is 0. The summed E-state index contributed by atoms with van der Waals surface area (Å²) in [6.45, 7) is 5.23. The first kappa shape index (κ1) is 13.2. The number of nitrogens with zero attached hydrogens (tertiary/aromatic N) is 2. The van der Waals surface area contributed by atoms with E-state index >= 15 is 0 Å². The maximum absolute atomic E-state index is 5.99. The lowest BCUT2D eigenvalue weighted by Gasteiger charge is -2.30. The highest BCUT2D eigenvalue weighted by molar-refractivity contribution is 6.30. The molecule has 1 aromatic carbocycles. The topological polar surface area (TPSA) is 15.6 Å². The van der Waals surface area contributed by atoms with Crippen molar-refractivity contribution in [1.29, 1.82) is 0 Å². The van der Waals surface area contributed by atoms with Gasteiger partial charge in [0.15, 0.2) is 0 Å². The van der Waals surface area contributed by atoms with E-state index in [1.54, 1.807) is 0 Å². The van der Waals surface area contributed by atoms with E-state index in [0.717, 1.165) is 17.4 Å². The second kappa shape index (κ2) is 5.29. The van der Waals surface area contributed by atoms with E-state index in [4.69, 9.17) is 16.6 Å². The summed E-state index contributed by atoms with van der Waals surface area (Å²) >= 11 is 5.99. The summed E-state index contributed by atoms with van der Waals surface area (Å²) in [5.41, 5.74) is 3.64. The lowest BCUT2D eigenvalue weighted by molar-refractivity contribution is 0.603. The average molecular weight is 285 g/mol. The Kier molecular flexibility index (Phi) is 3.49. The van der Waals surface area contributed by atoms with Crippen molar-refractivity contribution in [3.05, 3.63) is 65.0 Å². The molecule has 3 heteroatoms. The molecule has 2 aliphatic heterocycles. The van der Waals surface area contributed by atoms with Gasteiger partial charge in [-0.2, -0.15) is 0 Å². The third-order valence-electron chi connectivity index (χ3n) is 3.53. The quantitative estimate of drug-likeness (QED) is 0.780. The Morgan fingerprint density at radius 2 is 1.90 bits per heavy atom. The van der Waals surface area contributed by atoms with Crippen molar-refractivity contribution in [2.45, 2.75) is 13.8 Å². The molecule has 0 aromatic heterocycles. The van der Waals surface area contributed by atoms with Crippen LogP contribution >= 0.6 is 11.6 Å². The fraction of sp³-hybridized carbons (Fsp3) is 0.235. The van der Waals surface area contributed by atoms with Gasteiger partial charge in [0.2, 0.25) is 0 Å². The standard InChI is InChI=1S/C17H17ClN2/c1-12(2)17-15(13-6-8-14(18)9-7-13)11-20-10-4-3-5-16(20)19-17/h3-10,12H,11H2,1-2H3. The molecule has 20 heavy (non-hydrogen) atoms. The van der Waals surface area contributed by atoms with Crippen molar-refractivity contribution >= 4 is 23.0 Å². The van der Waals surface area contributed by atoms with Crippen LogP contribution in [0.25, 0.3) is 5.57 Å². The number of rotatable bonds is 2. The molecule has 1 aromatic rings. The van der Waals surface area contributed by atoms with E-state index in [2.05, 4.69) is 43.2 Å². The Balaban J connectivity index is 2.09. The number of allylic oxidation sites excluding steroid dienone is 3. The molecule has 0 unspecified atom stereocenters. The summed E-state index contributed by atoms with van der Waals surface area (Å²) in [7, 11) is 0. The molecular formula is C17H17ClN2. The monoisotopic (exact) mass is 284 g/mol. The van der Waals surface area contributed by atoms with Gasteiger partial charge in [-0.05, 0) is 35.8 Å². The van der Waals surface area contributed by atoms with Crippen LogP contribution in [0.1, 0.15) is 19.4 Å². The van der Waals surface area contributed by atoms with Crippen molar-refractivity contribution in [3.8, 4) is 0 Å². The van der Waals surface area contributed by atoms with E-state index in [-0.39, 0.29) is 0 Å². The van der Waals surface area contributed by atoms with Crippen LogP contribution in [0.4, 0.5) is 0 Å². The second-order valence-corrected chi connectivity index (χ2v) is 5.76. The third kappa shape index (κ3) is 2.44. The maximum Gasteiger partial charge on any atom is 0.133 e. The van der Waals surface area contributed by atoms with Gasteiger partial charge in [-0.3, -0.25) is 0 Å². The van der Waals surface area contributed by atoms with E-state index in [9.17, 15) is 0 Å². The highest BCUT2D eigenvalue weighted by atomic mass is 35.5. The molecule has 2 heterocycles. The molecule has 0 aliphatic carbocycles. The van der Waals surface area contributed by atoms with Crippen molar-refractivity contribution in [3.63, 3.8) is 0 Å². The zero-order valence-corrected chi connectivity index (χ0v) is 12.4. The van der Waals surface area contributed by atoms with Crippen molar-refractivity contribution in [2.24, 2.45) is 10.9 Å². The molecule has 2 aliphatic rings. The second-order valence-electron chi connectivity index (χ2n) is 5.32. The molecular weight excluding hydrogens is 268 g/mol. The summed E-state index contributed by atoms with van der Waals surface area (Å²) in [5, 5.41) is 0.765. The van der Waals surface area contributed by atoms with Crippen LogP contribution in [0.2, 0.25) is 5.02 Å². The predicted octanol–water partition coefficient (Wildman–Crippen LogP) is 4.50. The Morgan fingerprint density at radius 1 is 1.15 bits per heavy atom. The van der Waals surface area contributed by atoms with Crippen LogP contribution < -0.4 is 0 Å². The lowest BCUT2D eigenvalue weighted by Crippen LogP contribution is -2.31. The molecule has 3 rings (SSSR count). The predicted molar refractivity (Wildman–Crippen MR) is 85.6 cm³/mol. The van der Waals surface area contributed by atoms with E-state index < -0.39 is 0 Å². The Bertz CT molecular complexity index is 633. The smallest absolute Gasteiger partial charge is 0.133 e. The maximum atomic E-state index is 5.99. The fourth-order valence-electron chi connectivity index (χ4n) is 2.51. The minimum absolute atomic E-state index is 0.398. The summed E-state index contributed by atoms with van der Waals surface area (Å²) in [6, 6.07) is 8.02. The van der Waals surface area contributed by atoms with Gasteiger partial charge in [-0.1, -0.05) is 43.7 Å². The molecule has 0 atom stereocenters. The Hall–Kier alpha value is -1.80. The van der Waals surface area contributed by atoms with Gasteiger partial charge in [0.05, 0.1) is 12.2 Å². The van der Waals surface area contributed by atoms with Gasteiger partial charge in [-0.15, -0.1) is 0 Å². The highest BCUT2D eigenvalue weighted by Gasteiger charge is 2.22. The van der Waals surface area contributed by atoms with Crippen LogP contribution in [0, 0.1) is 5.92 Å². The number of benzene rings is 1. The molecule has 2 nitrogen and oxygen atoms in total. The summed E-state index contributed by atoms with van der Waals surface area (Å²) in [5.74, 6) is 1.42. The fourth-order valence-corrected chi connectivity index (χ4v) is 2.64. The molecule has 0 amide bonds. The minimum atomic E-state index is 0.398. The highest BCUT2D eigenvalue weighted by Crippen LogP contribution is 2.31.